The minimum Gasteiger partial charge on any atom is -0.216 e. The maximum atomic E-state index is 6.44. The van der Waals surface area contributed by atoms with Crippen LogP contribution in [0.1, 0.15) is 0 Å². The van der Waals surface area contributed by atoms with Crippen LogP contribution >= 0.6 is 34.3 Å². The standard InChI is InChI=1S/C16H9ClN2S2/c17-14-13-11(10-5-2-1-3-6-10)9-21-16(13)19-15(18-14)12-7-4-8-20-12/h1-9H. The fourth-order valence-corrected chi connectivity index (χ4v) is 4.18. The van der Waals surface area contributed by atoms with Gasteiger partial charge in [0.1, 0.15) is 9.98 Å². The van der Waals surface area contributed by atoms with E-state index >= 15 is 0 Å². The van der Waals surface area contributed by atoms with Crippen molar-refractivity contribution in [2.45, 2.75) is 0 Å². The molecule has 0 radical (unpaired) electrons. The molecule has 0 saturated heterocycles. The van der Waals surface area contributed by atoms with Crippen LogP contribution in [0.4, 0.5) is 0 Å². The fraction of sp³-hybridized carbons (Fsp3) is 0. The number of halogens is 1. The van der Waals surface area contributed by atoms with Gasteiger partial charge >= 0.3 is 0 Å². The first-order chi connectivity index (χ1) is 10.3. The van der Waals surface area contributed by atoms with Crippen molar-refractivity contribution >= 4 is 44.5 Å². The first-order valence-electron chi connectivity index (χ1n) is 6.37. The van der Waals surface area contributed by atoms with Crippen molar-refractivity contribution in [2.75, 3.05) is 0 Å². The van der Waals surface area contributed by atoms with Crippen LogP contribution in [-0.2, 0) is 0 Å². The van der Waals surface area contributed by atoms with E-state index in [1.54, 1.807) is 22.7 Å². The molecule has 0 fully saturated rings. The van der Waals surface area contributed by atoms with E-state index < -0.39 is 0 Å². The summed E-state index contributed by atoms with van der Waals surface area (Å²) in [5, 5.41) is 5.57. The number of hydrogen-bond acceptors (Lipinski definition) is 4. The summed E-state index contributed by atoms with van der Waals surface area (Å²) >= 11 is 9.66. The second-order valence-corrected chi connectivity index (χ2v) is 6.67. The number of aromatic nitrogens is 2. The number of benzene rings is 1. The molecule has 1 aromatic carbocycles. The van der Waals surface area contributed by atoms with Crippen LogP contribution in [0.5, 0.6) is 0 Å². The number of nitrogens with zero attached hydrogens (tertiary/aromatic N) is 2. The molecule has 0 amide bonds. The average Bonchev–Trinajstić information content (AvgIpc) is 3.17. The third-order valence-corrected chi connectivity index (χ3v) is 5.23. The monoisotopic (exact) mass is 328 g/mol. The highest BCUT2D eigenvalue weighted by atomic mass is 35.5. The van der Waals surface area contributed by atoms with Crippen molar-refractivity contribution in [1.29, 1.82) is 0 Å². The molecule has 102 valence electrons. The third kappa shape index (κ3) is 2.25. The second kappa shape index (κ2) is 5.22. The van der Waals surface area contributed by atoms with Gasteiger partial charge < -0.3 is 0 Å². The van der Waals surface area contributed by atoms with E-state index in [9.17, 15) is 0 Å². The van der Waals surface area contributed by atoms with Crippen LogP contribution in [0.25, 0.3) is 32.0 Å². The SMILES string of the molecule is Clc1nc(-c2cccs2)nc2scc(-c3ccccc3)c12. The molecule has 4 aromatic rings. The first-order valence-corrected chi connectivity index (χ1v) is 8.51. The quantitative estimate of drug-likeness (QED) is 0.438. The lowest BCUT2D eigenvalue weighted by Gasteiger charge is -2.02. The van der Waals surface area contributed by atoms with Gasteiger partial charge in [-0.15, -0.1) is 22.7 Å². The molecule has 0 spiro atoms. The summed E-state index contributed by atoms with van der Waals surface area (Å²) < 4.78 is 0. The summed E-state index contributed by atoms with van der Waals surface area (Å²) in [6.45, 7) is 0. The molecular formula is C16H9ClN2S2. The van der Waals surface area contributed by atoms with E-state index in [1.165, 1.54) is 0 Å². The lowest BCUT2D eigenvalue weighted by atomic mass is 10.1. The van der Waals surface area contributed by atoms with Gasteiger partial charge in [-0.3, -0.25) is 0 Å². The molecule has 0 aliphatic rings. The van der Waals surface area contributed by atoms with Crippen LogP contribution < -0.4 is 0 Å². The molecule has 5 heteroatoms. The van der Waals surface area contributed by atoms with Gasteiger partial charge in [-0.05, 0) is 17.0 Å². The summed E-state index contributed by atoms with van der Waals surface area (Å²) in [7, 11) is 0. The van der Waals surface area contributed by atoms with E-state index in [0.717, 1.165) is 26.2 Å². The van der Waals surface area contributed by atoms with Crippen LogP contribution in [0.3, 0.4) is 0 Å². The molecule has 0 aliphatic carbocycles. The normalized spacial score (nSPS) is 11.1. The minimum absolute atomic E-state index is 0.517. The molecule has 0 aliphatic heterocycles. The summed E-state index contributed by atoms with van der Waals surface area (Å²) in [5.41, 5.74) is 2.23. The largest absolute Gasteiger partial charge is 0.216 e. The highest BCUT2D eigenvalue weighted by Gasteiger charge is 2.15. The predicted molar refractivity (Wildman–Crippen MR) is 91.2 cm³/mol. The number of fused-ring (bicyclic) bond motifs is 1. The summed E-state index contributed by atoms with van der Waals surface area (Å²) in [6.07, 6.45) is 0. The van der Waals surface area contributed by atoms with Gasteiger partial charge in [-0.1, -0.05) is 48.0 Å². The van der Waals surface area contributed by atoms with Crippen LogP contribution in [-0.4, -0.2) is 9.97 Å². The Morgan fingerprint density at radius 1 is 0.905 bits per heavy atom. The van der Waals surface area contributed by atoms with E-state index in [1.807, 2.05) is 35.7 Å². The van der Waals surface area contributed by atoms with Gasteiger partial charge in [-0.25, -0.2) is 9.97 Å². The summed E-state index contributed by atoms with van der Waals surface area (Å²) in [6, 6.07) is 14.2. The van der Waals surface area contributed by atoms with Crippen LogP contribution in [0, 0.1) is 0 Å². The molecule has 21 heavy (non-hydrogen) atoms. The number of rotatable bonds is 2. The van der Waals surface area contributed by atoms with Gasteiger partial charge in [0.25, 0.3) is 0 Å². The number of hydrogen-bond donors (Lipinski definition) is 0. The topological polar surface area (TPSA) is 25.8 Å². The Balaban J connectivity index is 1.94. The molecule has 2 nitrogen and oxygen atoms in total. The molecule has 0 bridgehead atoms. The maximum absolute atomic E-state index is 6.44. The molecular weight excluding hydrogens is 320 g/mol. The summed E-state index contributed by atoms with van der Waals surface area (Å²) in [5.74, 6) is 0.698. The Morgan fingerprint density at radius 3 is 2.52 bits per heavy atom. The van der Waals surface area contributed by atoms with E-state index in [4.69, 9.17) is 11.6 Å². The lowest BCUT2D eigenvalue weighted by molar-refractivity contribution is 1.25. The zero-order valence-corrected chi connectivity index (χ0v) is 13.2. The van der Waals surface area contributed by atoms with E-state index in [-0.39, 0.29) is 0 Å². The van der Waals surface area contributed by atoms with Crippen LogP contribution in [0.2, 0.25) is 5.15 Å². The minimum atomic E-state index is 0.517. The Bertz CT molecular complexity index is 899. The zero-order valence-electron chi connectivity index (χ0n) is 10.8. The number of thiophene rings is 2. The second-order valence-electron chi connectivity index (χ2n) is 4.51. The molecule has 4 rings (SSSR count). The molecule has 3 heterocycles. The third-order valence-electron chi connectivity index (χ3n) is 3.22. The van der Waals surface area contributed by atoms with Crippen molar-refractivity contribution in [1.82, 2.24) is 9.97 Å². The van der Waals surface area contributed by atoms with Crippen molar-refractivity contribution in [3.8, 4) is 21.8 Å². The van der Waals surface area contributed by atoms with Crippen LogP contribution in [0.15, 0.2) is 53.2 Å². The van der Waals surface area contributed by atoms with Crippen molar-refractivity contribution in [3.05, 3.63) is 58.4 Å². The highest BCUT2D eigenvalue weighted by molar-refractivity contribution is 7.17. The van der Waals surface area contributed by atoms with Gasteiger partial charge in [-0.2, -0.15) is 0 Å². The van der Waals surface area contributed by atoms with E-state index in [0.29, 0.717) is 11.0 Å². The maximum Gasteiger partial charge on any atom is 0.172 e. The van der Waals surface area contributed by atoms with Gasteiger partial charge in [0.05, 0.1) is 10.3 Å². The van der Waals surface area contributed by atoms with E-state index in [2.05, 4.69) is 27.5 Å². The lowest BCUT2D eigenvalue weighted by Crippen LogP contribution is -1.88. The Kier molecular flexibility index (Phi) is 3.22. The molecule has 0 saturated carbocycles. The Hall–Kier alpha value is -1.75. The van der Waals surface area contributed by atoms with Crippen molar-refractivity contribution in [2.24, 2.45) is 0 Å². The Morgan fingerprint density at radius 2 is 1.76 bits per heavy atom. The van der Waals surface area contributed by atoms with Crippen molar-refractivity contribution in [3.63, 3.8) is 0 Å². The molecule has 0 unspecified atom stereocenters. The van der Waals surface area contributed by atoms with Gasteiger partial charge in [0.2, 0.25) is 0 Å². The predicted octanol–water partition coefficient (Wildman–Crippen LogP) is 5.74. The summed E-state index contributed by atoms with van der Waals surface area (Å²) in [4.78, 5) is 11.1. The first kappa shape index (κ1) is 13.0. The Labute approximate surface area is 134 Å². The molecule has 0 atom stereocenters. The molecule has 0 N–H and O–H groups in total. The smallest absolute Gasteiger partial charge is 0.172 e. The van der Waals surface area contributed by atoms with Crippen molar-refractivity contribution < 1.29 is 0 Å². The van der Waals surface area contributed by atoms with Gasteiger partial charge in [0.15, 0.2) is 5.82 Å². The fourth-order valence-electron chi connectivity index (χ4n) is 2.25. The zero-order chi connectivity index (χ0) is 14.2. The highest BCUT2D eigenvalue weighted by Crippen LogP contribution is 2.38. The molecule has 3 aromatic heterocycles. The average molecular weight is 329 g/mol. The van der Waals surface area contributed by atoms with Gasteiger partial charge in [0, 0.05) is 10.9 Å².